The van der Waals surface area contributed by atoms with E-state index in [1.807, 2.05) is 0 Å². The monoisotopic (exact) mass is 250 g/mol. The highest BCUT2D eigenvalue weighted by atomic mass is 15.2. The van der Waals surface area contributed by atoms with Crippen LogP contribution < -0.4 is 5.32 Å². The maximum atomic E-state index is 3.70. The molecule has 0 amide bonds. The third-order valence-corrected chi connectivity index (χ3v) is 5.84. The van der Waals surface area contributed by atoms with Gasteiger partial charge in [-0.1, -0.05) is 20.3 Å². The van der Waals surface area contributed by atoms with Gasteiger partial charge in [0.15, 0.2) is 0 Å². The number of rotatable bonds is 5. The summed E-state index contributed by atoms with van der Waals surface area (Å²) in [6.07, 6.45) is 11.6. The standard InChI is InChI=1S/C16H30N2/c1-3-16(8-9-16)12-18-14-6-5-7-15(18)11-13(10-14)17-4-2/h13-15,17H,3-12H2,1-2H3. The van der Waals surface area contributed by atoms with Crippen LogP contribution in [0.3, 0.4) is 0 Å². The van der Waals surface area contributed by atoms with Gasteiger partial charge in [0.2, 0.25) is 0 Å². The van der Waals surface area contributed by atoms with E-state index in [-0.39, 0.29) is 0 Å². The Morgan fingerprint density at radius 2 is 1.78 bits per heavy atom. The molecule has 18 heavy (non-hydrogen) atoms. The fourth-order valence-corrected chi connectivity index (χ4v) is 4.38. The van der Waals surface area contributed by atoms with Gasteiger partial charge in [-0.3, -0.25) is 4.90 Å². The highest BCUT2D eigenvalue weighted by molar-refractivity contribution is 5.01. The molecule has 3 rings (SSSR count). The summed E-state index contributed by atoms with van der Waals surface area (Å²) >= 11 is 0. The van der Waals surface area contributed by atoms with Crippen molar-refractivity contribution in [1.82, 2.24) is 10.2 Å². The summed E-state index contributed by atoms with van der Waals surface area (Å²) in [6.45, 7) is 7.20. The predicted molar refractivity (Wildman–Crippen MR) is 76.8 cm³/mol. The minimum absolute atomic E-state index is 0.735. The van der Waals surface area contributed by atoms with E-state index in [1.165, 1.54) is 57.9 Å². The largest absolute Gasteiger partial charge is 0.314 e. The molecule has 0 aromatic rings. The van der Waals surface area contributed by atoms with Crippen LogP contribution in [-0.4, -0.2) is 36.1 Å². The topological polar surface area (TPSA) is 15.3 Å². The van der Waals surface area contributed by atoms with Crippen molar-refractivity contribution in [3.8, 4) is 0 Å². The predicted octanol–water partition coefficient (Wildman–Crippen LogP) is 3.17. The fourth-order valence-electron chi connectivity index (χ4n) is 4.38. The average Bonchev–Trinajstić information content (AvgIpc) is 3.11. The molecule has 0 radical (unpaired) electrons. The molecule has 2 nitrogen and oxygen atoms in total. The first-order valence-corrected chi connectivity index (χ1v) is 8.25. The van der Waals surface area contributed by atoms with E-state index < -0.39 is 0 Å². The van der Waals surface area contributed by atoms with Gasteiger partial charge < -0.3 is 5.32 Å². The van der Waals surface area contributed by atoms with Gasteiger partial charge in [0.05, 0.1) is 0 Å². The van der Waals surface area contributed by atoms with E-state index in [1.54, 1.807) is 0 Å². The van der Waals surface area contributed by atoms with Gasteiger partial charge in [-0.25, -0.2) is 0 Å². The second-order valence-electron chi connectivity index (χ2n) is 6.99. The smallest absolute Gasteiger partial charge is 0.0113 e. The van der Waals surface area contributed by atoms with E-state index in [2.05, 4.69) is 24.1 Å². The normalized spacial score (nSPS) is 38.7. The Kier molecular flexibility index (Phi) is 3.68. The summed E-state index contributed by atoms with van der Waals surface area (Å²) in [5.74, 6) is 0. The van der Waals surface area contributed by atoms with Crippen LogP contribution in [0.1, 0.15) is 65.2 Å². The summed E-state index contributed by atoms with van der Waals surface area (Å²) in [5, 5.41) is 3.70. The second-order valence-corrected chi connectivity index (χ2v) is 6.99. The number of fused-ring (bicyclic) bond motifs is 2. The molecule has 2 heterocycles. The first-order valence-electron chi connectivity index (χ1n) is 8.25. The van der Waals surface area contributed by atoms with Crippen LogP contribution in [0.2, 0.25) is 0 Å². The van der Waals surface area contributed by atoms with Gasteiger partial charge in [0, 0.05) is 24.7 Å². The van der Waals surface area contributed by atoms with Gasteiger partial charge in [-0.15, -0.1) is 0 Å². The molecular weight excluding hydrogens is 220 g/mol. The van der Waals surface area contributed by atoms with Crippen LogP contribution in [0, 0.1) is 5.41 Å². The quantitative estimate of drug-likeness (QED) is 0.806. The molecular formula is C16H30N2. The number of nitrogens with one attached hydrogen (secondary N) is 1. The number of piperidine rings is 2. The Hall–Kier alpha value is -0.0800. The van der Waals surface area contributed by atoms with E-state index in [0.29, 0.717) is 0 Å². The zero-order valence-corrected chi connectivity index (χ0v) is 12.3. The average molecular weight is 250 g/mol. The van der Waals surface area contributed by atoms with E-state index in [4.69, 9.17) is 0 Å². The van der Waals surface area contributed by atoms with Crippen molar-refractivity contribution in [2.45, 2.75) is 83.3 Å². The van der Waals surface area contributed by atoms with Crippen molar-refractivity contribution in [1.29, 1.82) is 0 Å². The molecule has 2 heteroatoms. The van der Waals surface area contributed by atoms with Crippen LogP contribution in [0.15, 0.2) is 0 Å². The van der Waals surface area contributed by atoms with Crippen LogP contribution in [0.4, 0.5) is 0 Å². The summed E-state index contributed by atoms with van der Waals surface area (Å²) in [6, 6.07) is 2.59. The fraction of sp³-hybridized carbons (Fsp3) is 1.00. The molecule has 2 aliphatic heterocycles. The Labute approximate surface area is 113 Å². The molecule has 2 bridgehead atoms. The molecule has 1 saturated carbocycles. The van der Waals surface area contributed by atoms with Crippen molar-refractivity contribution in [3.05, 3.63) is 0 Å². The molecule has 1 N–H and O–H groups in total. The first kappa shape index (κ1) is 12.9. The second kappa shape index (κ2) is 5.13. The van der Waals surface area contributed by atoms with Crippen molar-refractivity contribution >= 4 is 0 Å². The van der Waals surface area contributed by atoms with Gasteiger partial charge in [-0.05, 0) is 56.9 Å². The molecule has 3 fully saturated rings. The molecule has 0 aromatic carbocycles. The maximum absolute atomic E-state index is 3.70. The van der Waals surface area contributed by atoms with Crippen molar-refractivity contribution in [3.63, 3.8) is 0 Å². The Morgan fingerprint density at radius 3 is 2.28 bits per heavy atom. The van der Waals surface area contributed by atoms with Gasteiger partial charge in [-0.2, -0.15) is 0 Å². The number of nitrogens with zero attached hydrogens (tertiary/aromatic N) is 1. The van der Waals surface area contributed by atoms with Crippen molar-refractivity contribution in [2.24, 2.45) is 5.41 Å². The molecule has 1 aliphatic carbocycles. The van der Waals surface area contributed by atoms with Crippen molar-refractivity contribution < 1.29 is 0 Å². The lowest BCUT2D eigenvalue weighted by Crippen LogP contribution is -2.57. The zero-order chi connectivity index (χ0) is 12.6. The lowest BCUT2D eigenvalue weighted by molar-refractivity contribution is 0.00816. The lowest BCUT2D eigenvalue weighted by atomic mass is 9.80. The molecule has 0 spiro atoms. The molecule has 2 saturated heterocycles. The highest BCUT2D eigenvalue weighted by Crippen LogP contribution is 2.51. The maximum Gasteiger partial charge on any atom is 0.0113 e. The number of hydrogen-bond donors (Lipinski definition) is 1. The lowest BCUT2D eigenvalue weighted by Gasteiger charge is -2.50. The Balaban J connectivity index is 1.64. The minimum Gasteiger partial charge on any atom is -0.314 e. The Morgan fingerprint density at radius 1 is 1.11 bits per heavy atom. The van der Waals surface area contributed by atoms with Gasteiger partial charge in [0.1, 0.15) is 0 Å². The molecule has 2 atom stereocenters. The van der Waals surface area contributed by atoms with Gasteiger partial charge >= 0.3 is 0 Å². The first-order chi connectivity index (χ1) is 8.76. The SMILES string of the molecule is CCNC1CC2CCCC(C1)N2CC1(CC)CC1. The molecule has 0 aromatic heterocycles. The van der Waals surface area contributed by atoms with Crippen LogP contribution >= 0.6 is 0 Å². The van der Waals surface area contributed by atoms with E-state index in [9.17, 15) is 0 Å². The van der Waals surface area contributed by atoms with Crippen LogP contribution in [0.5, 0.6) is 0 Å². The van der Waals surface area contributed by atoms with E-state index in [0.717, 1.165) is 30.1 Å². The summed E-state index contributed by atoms with van der Waals surface area (Å²) in [5.41, 5.74) is 0.735. The van der Waals surface area contributed by atoms with Crippen LogP contribution in [0.25, 0.3) is 0 Å². The molecule has 2 unspecified atom stereocenters. The third-order valence-electron chi connectivity index (χ3n) is 5.84. The summed E-state index contributed by atoms with van der Waals surface area (Å²) in [7, 11) is 0. The molecule has 3 aliphatic rings. The summed E-state index contributed by atoms with van der Waals surface area (Å²) in [4.78, 5) is 2.92. The highest BCUT2D eigenvalue weighted by Gasteiger charge is 2.47. The van der Waals surface area contributed by atoms with E-state index >= 15 is 0 Å². The zero-order valence-electron chi connectivity index (χ0n) is 12.3. The minimum atomic E-state index is 0.735. The summed E-state index contributed by atoms with van der Waals surface area (Å²) < 4.78 is 0. The Bertz CT molecular complexity index is 271. The van der Waals surface area contributed by atoms with Crippen LogP contribution in [-0.2, 0) is 0 Å². The van der Waals surface area contributed by atoms with Crippen molar-refractivity contribution in [2.75, 3.05) is 13.1 Å². The van der Waals surface area contributed by atoms with Gasteiger partial charge in [0.25, 0.3) is 0 Å². The molecule has 104 valence electrons. The third kappa shape index (κ3) is 2.46. The number of hydrogen-bond acceptors (Lipinski definition) is 2.